The monoisotopic (exact) mass is 381 g/mol. The molecule has 28 heavy (non-hydrogen) atoms. The first-order valence-corrected chi connectivity index (χ1v) is 9.40. The van der Waals surface area contributed by atoms with Crippen LogP contribution in [0.5, 0.6) is 0 Å². The van der Waals surface area contributed by atoms with E-state index in [1.807, 2.05) is 31.2 Å². The maximum absolute atomic E-state index is 13.8. The van der Waals surface area contributed by atoms with E-state index in [0.29, 0.717) is 23.4 Å². The number of esters is 1. The smallest absolute Gasteiger partial charge is 0.336 e. The Bertz CT molecular complexity index is 935. The van der Waals surface area contributed by atoms with Gasteiger partial charge in [0.25, 0.3) is 0 Å². The third-order valence-electron chi connectivity index (χ3n) is 5.16. The van der Waals surface area contributed by atoms with Gasteiger partial charge < -0.3 is 9.64 Å². The van der Waals surface area contributed by atoms with Crippen molar-refractivity contribution in [1.29, 1.82) is 0 Å². The first kappa shape index (κ1) is 19.8. The Morgan fingerprint density at radius 2 is 1.93 bits per heavy atom. The standard InChI is InChI=1S/C23H24FNO3/c1-4-28-23(27)22-16(3)25(14-18-9-6-5-8-15(18)2)21(26)13-20(22)17-10-7-11-19(24)12-17/h5-12,20H,4,13-14H2,1-3H3. The summed E-state index contributed by atoms with van der Waals surface area (Å²) < 4.78 is 19.0. The predicted molar refractivity (Wildman–Crippen MR) is 105 cm³/mol. The third-order valence-corrected chi connectivity index (χ3v) is 5.16. The summed E-state index contributed by atoms with van der Waals surface area (Å²) >= 11 is 0. The Hall–Kier alpha value is -2.95. The highest BCUT2D eigenvalue weighted by molar-refractivity contribution is 5.95. The molecule has 2 aromatic rings. The summed E-state index contributed by atoms with van der Waals surface area (Å²) in [6, 6.07) is 13.9. The normalized spacial score (nSPS) is 17.1. The highest BCUT2D eigenvalue weighted by Gasteiger charge is 2.37. The zero-order valence-electron chi connectivity index (χ0n) is 16.4. The summed E-state index contributed by atoms with van der Waals surface area (Å²) in [6.45, 7) is 6.11. The molecule has 1 aliphatic heterocycles. The lowest BCUT2D eigenvalue weighted by atomic mass is 9.83. The molecule has 0 N–H and O–H groups in total. The predicted octanol–water partition coefficient (Wildman–Crippen LogP) is 4.49. The van der Waals surface area contributed by atoms with Crippen molar-refractivity contribution < 1.29 is 18.7 Å². The fraction of sp³-hybridized carbons (Fsp3) is 0.304. The molecule has 0 aromatic heterocycles. The number of hydrogen-bond acceptors (Lipinski definition) is 3. The molecular formula is C23H24FNO3. The Morgan fingerprint density at radius 1 is 1.18 bits per heavy atom. The molecule has 1 heterocycles. The summed E-state index contributed by atoms with van der Waals surface area (Å²) in [7, 11) is 0. The molecule has 1 amide bonds. The molecule has 0 aliphatic carbocycles. The number of carbonyl (C=O) groups is 2. The van der Waals surface area contributed by atoms with Gasteiger partial charge in [-0.3, -0.25) is 4.79 Å². The van der Waals surface area contributed by atoms with Crippen molar-refractivity contribution in [2.24, 2.45) is 0 Å². The average molecular weight is 381 g/mol. The highest BCUT2D eigenvalue weighted by Crippen LogP contribution is 2.38. The van der Waals surface area contributed by atoms with Crippen LogP contribution in [0.1, 0.15) is 42.9 Å². The van der Waals surface area contributed by atoms with Crippen LogP contribution in [0.3, 0.4) is 0 Å². The van der Waals surface area contributed by atoms with Gasteiger partial charge in [-0.15, -0.1) is 0 Å². The van der Waals surface area contributed by atoms with Crippen molar-refractivity contribution in [1.82, 2.24) is 4.90 Å². The minimum Gasteiger partial charge on any atom is -0.463 e. The van der Waals surface area contributed by atoms with Crippen molar-refractivity contribution in [2.45, 2.75) is 39.7 Å². The summed E-state index contributed by atoms with van der Waals surface area (Å²) in [6.07, 6.45) is 0.0980. The van der Waals surface area contributed by atoms with Crippen LogP contribution in [0, 0.1) is 12.7 Å². The van der Waals surface area contributed by atoms with Crippen LogP contribution in [0.15, 0.2) is 59.8 Å². The van der Waals surface area contributed by atoms with E-state index in [4.69, 9.17) is 4.74 Å². The molecule has 0 bridgehead atoms. The molecule has 1 aliphatic rings. The number of nitrogens with zero attached hydrogens (tertiary/aromatic N) is 1. The van der Waals surface area contributed by atoms with E-state index >= 15 is 0 Å². The number of benzene rings is 2. The van der Waals surface area contributed by atoms with E-state index in [0.717, 1.165) is 11.1 Å². The van der Waals surface area contributed by atoms with E-state index in [1.165, 1.54) is 12.1 Å². The van der Waals surface area contributed by atoms with Gasteiger partial charge >= 0.3 is 5.97 Å². The van der Waals surface area contributed by atoms with Crippen LogP contribution in [0.4, 0.5) is 4.39 Å². The molecule has 0 radical (unpaired) electrons. The number of ether oxygens (including phenoxy) is 1. The zero-order chi connectivity index (χ0) is 20.3. The topological polar surface area (TPSA) is 46.6 Å². The van der Waals surface area contributed by atoms with Crippen LogP contribution in [0.25, 0.3) is 0 Å². The van der Waals surface area contributed by atoms with Gasteiger partial charge in [0.15, 0.2) is 0 Å². The molecule has 4 nitrogen and oxygen atoms in total. The van der Waals surface area contributed by atoms with Crippen molar-refractivity contribution >= 4 is 11.9 Å². The van der Waals surface area contributed by atoms with E-state index in [1.54, 1.807) is 30.9 Å². The molecule has 0 fully saturated rings. The van der Waals surface area contributed by atoms with Gasteiger partial charge in [-0.1, -0.05) is 36.4 Å². The summed E-state index contributed by atoms with van der Waals surface area (Å²) in [4.78, 5) is 27.3. The second-order valence-electron chi connectivity index (χ2n) is 6.94. The molecule has 0 spiro atoms. The van der Waals surface area contributed by atoms with Gasteiger partial charge in [-0.05, 0) is 49.6 Å². The molecule has 0 saturated heterocycles. The molecular weight excluding hydrogens is 357 g/mol. The number of hydrogen-bond donors (Lipinski definition) is 0. The number of aryl methyl sites for hydroxylation is 1. The van der Waals surface area contributed by atoms with Crippen LogP contribution in [0.2, 0.25) is 0 Å². The minimum absolute atomic E-state index is 0.0944. The largest absolute Gasteiger partial charge is 0.463 e. The van der Waals surface area contributed by atoms with Gasteiger partial charge in [-0.2, -0.15) is 0 Å². The van der Waals surface area contributed by atoms with Crippen LogP contribution < -0.4 is 0 Å². The maximum Gasteiger partial charge on any atom is 0.336 e. The first-order valence-electron chi connectivity index (χ1n) is 9.40. The van der Waals surface area contributed by atoms with Crippen molar-refractivity contribution in [3.63, 3.8) is 0 Å². The summed E-state index contributed by atoms with van der Waals surface area (Å²) in [5, 5.41) is 0. The van der Waals surface area contributed by atoms with Crippen LogP contribution in [-0.2, 0) is 20.9 Å². The number of amides is 1. The molecule has 146 valence electrons. The van der Waals surface area contributed by atoms with Crippen molar-refractivity contribution in [2.75, 3.05) is 6.61 Å². The summed E-state index contributed by atoms with van der Waals surface area (Å²) in [5.41, 5.74) is 3.68. The van der Waals surface area contributed by atoms with E-state index in [2.05, 4.69) is 0 Å². The quantitative estimate of drug-likeness (QED) is 0.717. The van der Waals surface area contributed by atoms with Crippen LogP contribution in [-0.4, -0.2) is 23.4 Å². The lowest BCUT2D eigenvalue weighted by Crippen LogP contribution is -2.38. The van der Waals surface area contributed by atoms with Gasteiger partial charge in [0.2, 0.25) is 5.91 Å². The first-order chi connectivity index (χ1) is 13.4. The average Bonchev–Trinajstić information content (AvgIpc) is 2.66. The zero-order valence-corrected chi connectivity index (χ0v) is 16.4. The third kappa shape index (κ3) is 3.98. The molecule has 0 saturated carbocycles. The number of rotatable bonds is 5. The van der Waals surface area contributed by atoms with Crippen molar-refractivity contribution in [3.8, 4) is 0 Å². The molecule has 1 unspecified atom stereocenters. The Morgan fingerprint density at radius 3 is 2.61 bits per heavy atom. The maximum atomic E-state index is 13.8. The Labute approximate surface area is 164 Å². The van der Waals surface area contributed by atoms with Gasteiger partial charge in [0, 0.05) is 18.0 Å². The molecule has 5 heteroatoms. The van der Waals surface area contributed by atoms with E-state index in [9.17, 15) is 14.0 Å². The molecule has 1 atom stereocenters. The number of halogens is 1. The van der Waals surface area contributed by atoms with Gasteiger partial charge in [0.05, 0.1) is 18.7 Å². The molecule has 3 rings (SSSR count). The van der Waals surface area contributed by atoms with Gasteiger partial charge in [0.1, 0.15) is 5.82 Å². The summed E-state index contributed by atoms with van der Waals surface area (Å²) in [5.74, 6) is -1.47. The molecule has 2 aromatic carbocycles. The van der Waals surface area contributed by atoms with Gasteiger partial charge in [-0.25, -0.2) is 9.18 Å². The number of carbonyl (C=O) groups excluding carboxylic acids is 2. The van der Waals surface area contributed by atoms with Crippen LogP contribution >= 0.6 is 0 Å². The van der Waals surface area contributed by atoms with E-state index in [-0.39, 0.29) is 18.9 Å². The van der Waals surface area contributed by atoms with Crippen molar-refractivity contribution in [3.05, 3.63) is 82.3 Å². The van der Waals surface area contributed by atoms with E-state index < -0.39 is 17.7 Å². The number of allylic oxidation sites excluding steroid dienone is 1. The minimum atomic E-state index is -0.518. The second-order valence-corrected chi connectivity index (χ2v) is 6.94. The fourth-order valence-electron chi connectivity index (χ4n) is 3.64. The SMILES string of the molecule is CCOC(=O)C1=C(C)N(Cc2ccccc2C)C(=O)CC1c1cccc(F)c1. The Kier molecular flexibility index (Phi) is 5.93. The Balaban J connectivity index is 2.05. The lowest BCUT2D eigenvalue weighted by Gasteiger charge is -2.34. The highest BCUT2D eigenvalue weighted by atomic mass is 19.1. The fourth-order valence-corrected chi connectivity index (χ4v) is 3.64. The second kappa shape index (κ2) is 8.38. The lowest BCUT2D eigenvalue weighted by molar-refractivity contribution is -0.140.